The second-order valence-corrected chi connectivity index (χ2v) is 2.28. The average molecular weight is 155 g/mol. The van der Waals surface area contributed by atoms with Crippen LogP contribution in [0, 0.1) is 0 Å². The van der Waals surface area contributed by atoms with Crippen molar-refractivity contribution in [2.45, 2.75) is 0 Å². The zero-order chi connectivity index (χ0) is 7.40. The Morgan fingerprint density at radius 1 is 1.70 bits per heavy atom. The third-order valence-electron chi connectivity index (χ3n) is 0.931. The summed E-state index contributed by atoms with van der Waals surface area (Å²) in [5, 5.41) is 10.1. The number of nitrogens with zero attached hydrogens (tertiary/aromatic N) is 1. The third kappa shape index (κ3) is 1.73. The molecule has 1 heterocycles. The fourth-order valence-corrected chi connectivity index (χ4v) is 0.892. The lowest BCUT2D eigenvalue weighted by atomic mass is 10.2. The van der Waals surface area contributed by atoms with Crippen molar-refractivity contribution < 1.29 is 9.90 Å². The van der Waals surface area contributed by atoms with Crippen LogP contribution in [0.2, 0.25) is 0 Å². The average Bonchev–Trinajstić information content (AvgIpc) is 2.12. The molecule has 1 rings (SSSR count). The van der Waals surface area contributed by atoms with Crippen LogP contribution in [0.3, 0.4) is 0 Å². The third-order valence-corrected chi connectivity index (χ3v) is 1.43. The fourth-order valence-electron chi connectivity index (χ4n) is 0.483. The summed E-state index contributed by atoms with van der Waals surface area (Å²) in [7, 11) is 0. The molecule has 0 atom stereocenters. The summed E-state index contributed by atoms with van der Waals surface area (Å²) in [5.41, 5.74) is 0.258. The van der Waals surface area contributed by atoms with Crippen molar-refractivity contribution in [3.63, 3.8) is 0 Å². The van der Waals surface area contributed by atoms with Gasteiger partial charge in [0.25, 0.3) is 0 Å². The summed E-state index contributed by atoms with van der Waals surface area (Å²) < 4.78 is 3.77. The van der Waals surface area contributed by atoms with Gasteiger partial charge < -0.3 is 5.11 Å². The van der Waals surface area contributed by atoms with Crippen LogP contribution in [-0.4, -0.2) is 17.3 Å². The van der Waals surface area contributed by atoms with E-state index in [2.05, 4.69) is 4.40 Å². The van der Waals surface area contributed by atoms with Crippen LogP contribution in [0.4, 0.5) is 0 Å². The standard InChI is InChI=1S/C6H5NO2S/c8-6(9)5-1-3-7-10-4-2-5/h1-4H,(H,8,9). The molecule has 0 bridgehead atoms. The predicted octanol–water partition coefficient (Wildman–Crippen LogP) is 1.24. The molecule has 0 aromatic heterocycles. The van der Waals surface area contributed by atoms with E-state index in [0.717, 1.165) is 0 Å². The topological polar surface area (TPSA) is 49.7 Å². The second kappa shape index (κ2) is 3.22. The van der Waals surface area contributed by atoms with Gasteiger partial charge in [0.15, 0.2) is 0 Å². The fraction of sp³-hybridized carbons (Fsp3) is 0. The van der Waals surface area contributed by atoms with Crippen molar-refractivity contribution in [2.24, 2.45) is 4.40 Å². The first kappa shape index (κ1) is 7.08. The van der Waals surface area contributed by atoms with Crippen molar-refractivity contribution in [2.75, 3.05) is 0 Å². The number of allylic oxidation sites excluding steroid dienone is 1. The van der Waals surface area contributed by atoms with Gasteiger partial charge in [-0.1, -0.05) is 0 Å². The lowest BCUT2D eigenvalue weighted by molar-refractivity contribution is -0.132. The SMILES string of the molecule is O=C(O)C1=CC=NSC=C1. The van der Waals surface area contributed by atoms with Gasteiger partial charge in [0.05, 0.1) is 5.57 Å². The Morgan fingerprint density at radius 2 is 2.50 bits per heavy atom. The van der Waals surface area contributed by atoms with Gasteiger partial charge in [-0.2, -0.15) is 0 Å². The quantitative estimate of drug-likeness (QED) is 0.579. The summed E-state index contributed by atoms with van der Waals surface area (Å²) in [4.78, 5) is 10.3. The number of aliphatic carboxylic acids is 1. The summed E-state index contributed by atoms with van der Waals surface area (Å²) in [5.74, 6) is -0.926. The van der Waals surface area contributed by atoms with E-state index in [-0.39, 0.29) is 5.57 Å². The number of hydrogen-bond donors (Lipinski definition) is 1. The van der Waals surface area contributed by atoms with Gasteiger partial charge in [-0.05, 0) is 17.6 Å². The lowest BCUT2D eigenvalue weighted by Crippen LogP contribution is -1.96. The molecule has 0 aromatic carbocycles. The Balaban J connectivity index is 2.83. The number of carbonyl (C=O) groups is 1. The molecule has 1 aliphatic heterocycles. The summed E-state index contributed by atoms with van der Waals surface area (Å²) in [6.07, 6.45) is 4.44. The Bertz CT molecular complexity index is 230. The highest BCUT2D eigenvalue weighted by Gasteiger charge is 2.01. The zero-order valence-corrected chi connectivity index (χ0v) is 5.84. The summed E-state index contributed by atoms with van der Waals surface area (Å²) in [6, 6.07) is 0. The van der Waals surface area contributed by atoms with Crippen LogP contribution >= 0.6 is 11.9 Å². The molecule has 0 unspecified atom stereocenters. The molecule has 0 saturated heterocycles. The highest BCUT2D eigenvalue weighted by Crippen LogP contribution is 2.09. The van der Waals surface area contributed by atoms with E-state index in [0.29, 0.717) is 0 Å². The Morgan fingerprint density at radius 3 is 3.20 bits per heavy atom. The molecular formula is C6H5NO2S. The molecule has 0 saturated carbocycles. The van der Waals surface area contributed by atoms with E-state index >= 15 is 0 Å². The van der Waals surface area contributed by atoms with Gasteiger partial charge in [-0.3, -0.25) is 0 Å². The smallest absolute Gasteiger partial charge is 0.335 e. The minimum Gasteiger partial charge on any atom is -0.478 e. The maximum absolute atomic E-state index is 10.3. The van der Waals surface area contributed by atoms with Gasteiger partial charge in [-0.25, -0.2) is 9.19 Å². The first-order valence-electron chi connectivity index (χ1n) is 2.60. The molecule has 0 aromatic rings. The monoisotopic (exact) mass is 155 g/mol. The first-order valence-corrected chi connectivity index (χ1v) is 3.43. The molecule has 0 spiro atoms. The van der Waals surface area contributed by atoms with E-state index in [4.69, 9.17) is 5.11 Å². The number of carboxylic acids is 1. The second-order valence-electron chi connectivity index (χ2n) is 1.59. The Labute approximate surface area is 62.3 Å². The first-order chi connectivity index (χ1) is 4.80. The molecule has 10 heavy (non-hydrogen) atoms. The number of rotatable bonds is 1. The predicted molar refractivity (Wildman–Crippen MR) is 40.9 cm³/mol. The molecule has 4 heteroatoms. The molecule has 0 amide bonds. The molecule has 3 nitrogen and oxygen atoms in total. The van der Waals surface area contributed by atoms with Crippen molar-refractivity contribution in [3.05, 3.63) is 23.1 Å². The van der Waals surface area contributed by atoms with E-state index < -0.39 is 5.97 Å². The van der Waals surface area contributed by atoms with Crippen LogP contribution in [0.25, 0.3) is 0 Å². The molecular weight excluding hydrogens is 150 g/mol. The number of hydrogen-bond acceptors (Lipinski definition) is 3. The Kier molecular flexibility index (Phi) is 2.28. The summed E-state index contributed by atoms with van der Waals surface area (Å²) in [6.45, 7) is 0. The van der Waals surface area contributed by atoms with Crippen molar-refractivity contribution in [1.82, 2.24) is 0 Å². The molecule has 0 aliphatic carbocycles. The van der Waals surface area contributed by atoms with Crippen LogP contribution < -0.4 is 0 Å². The van der Waals surface area contributed by atoms with Crippen molar-refractivity contribution >= 4 is 24.1 Å². The molecule has 0 fully saturated rings. The maximum Gasteiger partial charge on any atom is 0.335 e. The number of carboxylic acid groups (broad SMARTS) is 1. The van der Waals surface area contributed by atoms with Gasteiger partial charge >= 0.3 is 5.97 Å². The van der Waals surface area contributed by atoms with Crippen LogP contribution in [0.1, 0.15) is 0 Å². The van der Waals surface area contributed by atoms with E-state index in [1.165, 1.54) is 30.3 Å². The van der Waals surface area contributed by atoms with E-state index in [1.54, 1.807) is 5.41 Å². The molecule has 0 radical (unpaired) electrons. The van der Waals surface area contributed by atoms with Crippen molar-refractivity contribution in [3.8, 4) is 0 Å². The highest BCUT2D eigenvalue weighted by molar-refractivity contribution is 8.01. The van der Waals surface area contributed by atoms with E-state index in [1.807, 2.05) is 0 Å². The normalized spacial score (nSPS) is 16.2. The maximum atomic E-state index is 10.3. The van der Waals surface area contributed by atoms with Crippen LogP contribution in [0.5, 0.6) is 0 Å². The largest absolute Gasteiger partial charge is 0.478 e. The van der Waals surface area contributed by atoms with Gasteiger partial charge in [0, 0.05) is 18.2 Å². The highest BCUT2D eigenvalue weighted by atomic mass is 32.2. The van der Waals surface area contributed by atoms with E-state index in [9.17, 15) is 4.79 Å². The Hall–Kier alpha value is -1.03. The molecule has 52 valence electrons. The minimum absolute atomic E-state index is 0.258. The minimum atomic E-state index is -0.926. The van der Waals surface area contributed by atoms with Gasteiger partial charge in [0.2, 0.25) is 0 Å². The van der Waals surface area contributed by atoms with Crippen LogP contribution in [-0.2, 0) is 4.79 Å². The zero-order valence-electron chi connectivity index (χ0n) is 5.02. The summed E-state index contributed by atoms with van der Waals surface area (Å²) >= 11 is 1.21. The van der Waals surface area contributed by atoms with Gasteiger partial charge in [0.1, 0.15) is 0 Å². The van der Waals surface area contributed by atoms with Crippen LogP contribution in [0.15, 0.2) is 27.5 Å². The lowest BCUT2D eigenvalue weighted by Gasteiger charge is -1.86. The van der Waals surface area contributed by atoms with Gasteiger partial charge in [-0.15, -0.1) is 0 Å². The molecule has 1 aliphatic rings. The molecule has 1 N–H and O–H groups in total. The van der Waals surface area contributed by atoms with Crippen molar-refractivity contribution in [1.29, 1.82) is 0 Å².